The maximum atomic E-state index is 12.1. The molecule has 0 unspecified atom stereocenters. The number of ether oxygens (including phenoxy) is 1. The van der Waals surface area contributed by atoms with Gasteiger partial charge in [0.2, 0.25) is 0 Å². The van der Waals surface area contributed by atoms with Gasteiger partial charge in [-0.1, -0.05) is 12.1 Å². The summed E-state index contributed by atoms with van der Waals surface area (Å²) < 4.78 is 5.73. The zero-order chi connectivity index (χ0) is 19.2. The number of aromatic nitrogens is 2. The minimum absolute atomic E-state index is 0.242. The predicted octanol–water partition coefficient (Wildman–Crippen LogP) is 3.01. The second-order valence-corrected chi connectivity index (χ2v) is 6.42. The van der Waals surface area contributed by atoms with E-state index in [1.54, 1.807) is 20.2 Å². The Hall–Kier alpha value is -3.09. The van der Waals surface area contributed by atoms with Crippen molar-refractivity contribution in [2.45, 2.75) is 26.2 Å². The summed E-state index contributed by atoms with van der Waals surface area (Å²) in [5.74, 6) is 0.445. The van der Waals surface area contributed by atoms with E-state index in [4.69, 9.17) is 4.74 Å². The molecule has 0 aliphatic carbocycles. The minimum Gasteiger partial charge on any atom is -0.494 e. The Labute approximate surface area is 159 Å². The number of methoxy groups -OCH3 is 1. The van der Waals surface area contributed by atoms with Gasteiger partial charge in [-0.2, -0.15) is 5.10 Å². The molecule has 3 N–H and O–H groups in total. The first-order valence-electron chi connectivity index (χ1n) is 9.07. The molecule has 0 atom stereocenters. The average molecular weight is 367 g/mol. The summed E-state index contributed by atoms with van der Waals surface area (Å²) in [6, 6.07) is 7.76. The highest BCUT2D eigenvalue weighted by Crippen LogP contribution is 2.37. The Balaban J connectivity index is 2.01. The van der Waals surface area contributed by atoms with Gasteiger partial charge in [0.25, 0.3) is 5.91 Å². The Morgan fingerprint density at radius 3 is 2.85 bits per heavy atom. The lowest BCUT2D eigenvalue weighted by Gasteiger charge is -2.17. The van der Waals surface area contributed by atoms with Gasteiger partial charge in [0.1, 0.15) is 5.75 Å². The van der Waals surface area contributed by atoms with Crippen molar-refractivity contribution in [3.05, 3.63) is 47.4 Å². The highest BCUT2D eigenvalue weighted by Gasteiger charge is 2.18. The molecule has 7 heteroatoms. The molecule has 2 heterocycles. The van der Waals surface area contributed by atoms with E-state index in [2.05, 4.69) is 38.4 Å². The topological polar surface area (TPSA) is 88.2 Å². The van der Waals surface area contributed by atoms with Gasteiger partial charge in [0.05, 0.1) is 24.2 Å². The van der Waals surface area contributed by atoms with Crippen LogP contribution in [0.1, 0.15) is 41.0 Å². The van der Waals surface area contributed by atoms with Crippen LogP contribution in [0.4, 0.5) is 11.4 Å². The van der Waals surface area contributed by atoms with Crippen LogP contribution in [-0.2, 0) is 0 Å². The van der Waals surface area contributed by atoms with Gasteiger partial charge in [-0.3, -0.25) is 4.79 Å². The van der Waals surface area contributed by atoms with Gasteiger partial charge in [0, 0.05) is 25.4 Å². The van der Waals surface area contributed by atoms with Crippen molar-refractivity contribution >= 4 is 22.9 Å². The van der Waals surface area contributed by atoms with Crippen molar-refractivity contribution in [1.82, 2.24) is 20.8 Å². The van der Waals surface area contributed by atoms with E-state index in [1.165, 1.54) is 5.57 Å². The molecule has 1 aliphatic rings. The molecule has 2 aromatic rings. The van der Waals surface area contributed by atoms with Gasteiger partial charge >= 0.3 is 0 Å². The normalized spacial score (nSPS) is 13.8. The molecule has 0 fully saturated rings. The van der Waals surface area contributed by atoms with E-state index < -0.39 is 0 Å². The van der Waals surface area contributed by atoms with Gasteiger partial charge in [-0.25, -0.2) is 0 Å². The highest BCUT2D eigenvalue weighted by atomic mass is 16.5. The molecule has 0 saturated heterocycles. The lowest BCUT2D eigenvalue weighted by atomic mass is 10.00. The highest BCUT2D eigenvalue weighted by molar-refractivity contribution is 5.98. The lowest BCUT2D eigenvalue weighted by molar-refractivity contribution is 0.0958. The third-order valence-corrected chi connectivity index (χ3v) is 4.49. The second kappa shape index (κ2) is 8.53. The minimum atomic E-state index is -0.296. The van der Waals surface area contributed by atoms with Crippen LogP contribution in [0.5, 0.6) is 5.75 Å². The summed E-state index contributed by atoms with van der Waals surface area (Å²) in [5.41, 5.74) is 4.57. The predicted molar refractivity (Wildman–Crippen MR) is 106 cm³/mol. The van der Waals surface area contributed by atoms with Crippen LogP contribution < -0.4 is 20.7 Å². The molecule has 3 rings (SSSR count). The smallest absolute Gasteiger partial charge is 0.273 e. The molecule has 0 radical (unpaired) electrons. The Bertz CT molecular complexity index is 863. The summed E-state index contributed by atoms with van der Waals surface area (Å²) >= 11 is 0. The van der Waals surface area contributed by atoms with Gasteiger partial charge < -0.3 is 20.7 Å². The van der Waals surface area contributed by atoms with Crippen LogP contribution >= 0.6 is 0 Å². The van der Waals surface area contributed by atoms with Gasteiger partial charge in [-0.05, 0) is 43.9 Å². The van der Waals surface area contributed by atoms with Crippen LogP contribution in [0.25, 0.3) is 5.57 Å². The summed E-state index contributed by atoms with van der Waals surface area (Å²) in [5, 5.41) is 17.3. The molecule has 0 saturated carbocycles. The Kier molecular flexibility index (Phi) is 5.90. The number of nitrogens with one attached hydrogen (secondary N) is 3. The van der Waals surface area contributed by atoms with Gasteiger partial charge in [-0.15, -0.1) is 5.10 Å². The molecule has 27 heavy (non-hydrogen) atoms. The van der Waals surface area contributed by atoms with Crippen LogP contribution in [0.15, 0.2) is 30.5 Å². The van der Waals surface area contributed by atoms with E-state index in [9.17, 15) is 4.79 Å². The van der Waals surface area contributed by atoms with Crippen LogP contribution in [0, 0.1) is 6.92 Å². The number of carbonyl (C=O) groups excluding carboxylic acids is 1. The monoisotopic (exact) mass is 367 g/mol. The van der Waals surface area contributed by atoms with E-state index >= 15 is 0 Å². The van der Waals surface area contributed by atoms with E-state index in [1.807, 2.05) is 19.1 Å². The molecule has 0 bridgehead atoms. The third kappa shape index (κ3) is 4.19. The number of amides is 1. The van der Waals surface area contributed by atoms with Crippen molar-refractivity contribution < 1.29 is 9.53 Å². The van der Waals surface area contributed by atoms with Crippen LogP contribution in [-0.4, -0.2) is 36.8 Å². The van der Waals surface area contributed by atoms with Gasteiger partial charge in [0.15, 0.2) is 5.69 Å². The molecule has 1 aromatic carbocycles. The quantitative estimate of drug-likeness (QED) is 0.753. The fourth-order valence-corrected chi connectivity index (χ4v) is 3.15. The Morgan fingerprint density at radius 2 is 2.07 bits per heavy atom. The Morgan fingerprint density at radius 1 is 1.22 bits per heavy atom. The summed E-state index contributed by atoms with van der Waals surface area (Å²) in [6.07, 6.45) is 5.35. The van der Waals surface area contributed by atoms with E-state index in [0.717, 1.165) is 48.5 Å². The van der Waals surface area contributed by atoms with E-state index in [-0.39, 0.29) is 11.6 Å². The molecule has 7 nitrogen and oxygen atoms in total. The fraction of sp³-hybridized carbons (Fsp3) is 0.350. The number of anilines is 2. The third-order valence-electron chi connectivity index (χ3n) is 4.49. The molecular weight excluding hydrogens is 342 g/mol. The number of hydrogen-bond donors (Lipinski definition) is 3. The van der Waals surface area contributed by atoms with Crippen molar-refractivity contribution in [1.29, 1.82) is 0 Å². The number of benzene rings is 1. The number of nitrogens with zero attached hydrogens (tertiary/aromatic N) is 2. The largest absolute Gasteiger partial charge is 0.494 e. The number of rotatable bonds is 5. The standard InChI is InChI=1S/C20H25N5O2/c1-13-11-17(18(25-24-13)20(26)21-2)23-16-9-6-8-15(19(16)27-3)14-7-4-5-10-22-12-14/h6,8-9,11-12,22H,4-5,7,10H2,1-3H3,(H,21,26)(H,23,24). The molecular formula is C20H25N5O2. The second-order valence-electron chi connectivity index (χ2n) is 6.42. The van der Waals surface area contributed by atoms with Crippen molar-refractivity contribution in [2.24, 2.45) is 0 Å². The average Bonchev–Trinajstić information content (AvgIpc) is 2.97. The molecule has 1 aliphatic heterocycles. The molecule has 0 spiro atoms. The zero-order valence-electron chi connectivity index (χ0n) is 15.9. The van der Waals surface area contributed by atoms with Crippen molar-refractivity contribution in [3.8, 4) is 5.75 Å². The number of allylic oxidation sites excluding steroid dienone is 1. The number of aryl methyl sites for hydroxylation is 1. The first kappa shape index (κ1) is 18.7. The van der Waals surface area contributed by atoms with Crippen LogP contribution in [0.2, 0.25) is 0 Å². The van der Waals surface area contributed by atoms with Crippen molar-refractivity contribution in [3.63, 3.8) is 0 Å². The summed E-state index contributed by atoms with van der Waals surface area (Å²) in [6.45, 7) is 2.82. The molecule has 1 aromatic heterocycles. The zero-order valence-corrected chi connectivity index (χ0v) is 15.9. The first-order chi connectivity index (χ1) is 13.1. The molecule has 142 valence electrons. The number of carbonyl (C=O) groups is 1. The van der Waals surface area contributed by atoms with E-state index in [0.29, 0.717) is 5.69 Å². The number of hydrogen-bond acceptors (Lipinski definition) is 6. The maximum absolute atomic E-state index is 12.1. The van der Waals surface area contributed by atoms with Crippen LogP contribution in [0.3, 0.4) is 0 Å². The fourth-order valence-electron chi connectivity index (χ4n) is 3.15. The maximum Gasteiger partial charge on any atom is 0.273 e. The molecule has 1 amide bonds. The summed E-state index contributed by atoms with van der Waals surface area (Å²) in [7, 11) is 3.23. The lowest BCUT2D eigenvalue weighted by Crippen LogP contribution is -2.21. The summed E-state index contributed by atoms with van der Waals surface area (Å²) in [4.78, 5) is 12.1. The SMILES string of the molecule is CNC(=O)c1nnc(C)cc1Nc1cccc(C2=CNCCCC2)c1OC. The van der Waals surface area contributed by atoms with Crippen molar-refractivity contribution in [2.75, 3.05) is 26.0 Å². The number of para-hydroxylation sites is 1. The first-order valence-corrected chi connectivity index (χ1v) is 9.07.